The van der Waals surface area contributed by atoms with E-state index in [0.717, 1.165) is 0 Å². The average molecular weight is 270 g/mol. The molecule has 0 aliphatic carbocycles. The summed E-state index contributed by atoms with van der Waals surface area (Å²) >= 11 is 5.48. The molecule has 1 rings (SSSR count). The van der Waals surface area contributed by atoms with Crippen molar-refractivity contribution < 1.29 is 18.6 Å². The van der Waals surface area contributed by atoms with Gasteiger partial charge in [0.15, 0.2) is 0 Å². The van der Waals surface area contributed by atoms with Gasteiger partial charge < -0.3 is 14.0 Å². The van der Waals surface area contributed by atoms with E-state index in [0.29, 0.717) is 11.8 Å². The highest BCUT2D eigenvalue weighted by molar-refractivity contribution is 8.39. The number of ether oxygens (including phenoxy) is 2. The van der Waals surface area contributed by atoms with Crippen molar-refractivity contribution >= 4 is 39.1 Å². The summed E-state index contributed by atoms with van der Waals surface area (Å²) in [5, 5.41) is 0.520. The number of hydrogen-bond acceptors (Lipinski definition) is 5. The van der Waals surface area contributed by atoms with Crippen molar-refractivity contribution in [2.75, 3.05) is 20.8 Å². The van der Waals surface area contributed by atoms with Crippen LogP contribution in [0.1, 0.15) is 0 Å². The molecule has 0 saturated carbocycles. The first-order valence-corrected chi connectivity index (χ1v) is 8.21. The molecule has 0 aromatic rings. The van der Waals surface area contributed by atoms with E-state index < -0.39 is 7.23 Å². The molecular weight excluding hydrogens is 254 g/mol. The summed E-state index contributed by atoms with van der Waals surface area (Å²) in [5.74, 6) is 0. The Kier molecular flexibility index (Phi) is 6.11. The standard InChI is InChI=1S/C7H16BO4PS2/c1-10-5-4(3-12-13(9)14)15-7(8)6(5)11-2/h4-7,13H,3,8H2,1-2H3,(H,9,14). The van der Waals surface area contributed by atoms with E-state index in [2.05, 4.69) is 20.1 Å². The molecule has 4 nitrogen and oxygen atoms in total. The van der Waals surface area contributed by atoms with Gasteiger partial charge in [-0.05, 0) is 0 Å². The lowest BCUT2D eigenvalue weighted by Gasteiger charge is -2.22. The molecule has 0 amide bonds. The molecule has 8 heteroatoms. The number of thiol groups is 1. The molecule has 5 unspecified atom stereocenters. The van der Waals surface area contributed by atoms with Crippen LogP contribution in [-0.4, -0.2) is 51.3 Å². The van der Waals surface area contributed by atoms with E-state index in [-0.39, 0.29) is 17.5 Å². The summed E-state index contributed by atoms with van der Waals surface area (Å²) in [7, 11) is 3.27. The molecule has 0 radical (unpaired) electrons. The zero-order valence-corrected chi connectivity index (χ0v) is 11.7. The molecule has 1 heterocycles. The van der Waals surface area contributed by atoms with E-state index in [4.69, 9.17) is 14.0 Å². The van der Waals surface area contributed by atoms with E-state index in [9.17, 15) is 4.57 Å². The molecule has 0 aromatic heterocycles. The molecule has 0 N–H and O–H groups in total. The van der Waals surface area contributed by atoms with E-state index in [1.807, 2.05) is 0 Å². The Labute approximate surface area is 101 Å². The quantitative estimate of drug-likeness (QED) is 0.446. The first-order valence-electron chi connectivity index (χ1n) is 4.67. The van der Waals surface area contributed by atoms with Crippen molar-refractivity contribution in [3.63, 3.8) is 0 Å². The molecule has 1 saturated heterocycles. The Morgan fingerprint density at radius 3 is 2.47 bits per heavy atom. The predicted octanol–water partition coefficient (Wildman–Crippen LogP) is 0.427. The second-order valence-electron chi connectivity index (χ2n) is 3.36. The Balaban J connectivity index is 2.54. The van der Waals surface area contributed by atoms with Crippen molar-refractivity contribution in [1.29, 1.82) is 0 Å². The minimum absolute atomic E-state index is 0.00955. The van der Waals surface area contributed by atoms with Gasteiger partial charge in [0.1, 0.15) is 7.85 Å². The Bertz CT molecular complexity index is 233. The summed E-state index contributed by atoms with van der Waals surface area (Å²) in [6.07, 6.45) is 0.0560. The second-order valence-corrected chi connectivity index (χ2v) is 6.89. The molecule has 1 fully saturated rings. The van der Waals surface area contributed by atoms with Gasteiger partial charge in [0.25, 0.3) is 0 Å². The Morgan fingerprint density at radius 1 is 1.40 bits per heavy atom. The van der Waals surface area contributed by atoms with Crippen LogP contribution in [0.5, 0.6) is 0 Å². The van der Waals surface area contributed by atoms with Crippen molar-refractivity contribution in [2.24, 2.45) is 0 Å². The molecular formula is C7H16BO4PS2. The summed E-state index contributed by atoms with van der Waals surface area (Å²) in [6, 6.07) is 0. The minimum atomic E-state index is -2.16. The van der Waals surface area contributed by atoms with Gasteiger partial charge in [0.2, 0.25) is 7.23 Å². The molecule has 5 atom stereocenters. The van der Waals surface area contributed by atoms with Crippen molar-refractivity contribution in [3.05, 3.63) is 0 Å². The molecule has 1 aliphatic rings. The third kappa shape index (κ3) is 3.68. The fraction of sp³-hybridized carbons (Fsp3) is 1.00. The lowest BCUT2D eigenvalue weighted by atomic mass is 9.94. The highest BCUT2D eigenvalue weighted by Gasteiger charge is 2.42. The smallest absolute Gasteiger partial charge is 0.243 e. The maximum atomic E-state index is 10.8. The van der Waals surface area contributed by atoms with Gasteiger partial charge in [-0.1, -0.05) is 12.2 Å². The second kappa shape index (κ2) is 6.57. The maximum Gasteiger partial charge on any atom is 0.243 e. The van der Waals surface area contributed by atoms with Gasteiger partial charge in [-0.2, -0.15) is 11.8 Å². The normalized spacial score (nSPS) is 38.1. The van der Waals surface area contributed by atoms with Crippen LogP contribution < -0.4 is 0 Å². The van der Waals surface area contributed by atoms with Gasteiger partial charge in [0.05, 0.1) is 24.1 Å². The third-order valence-corrected chi connectivity index (χ3v) is 4.71. The topological polar surface area (TPSA) is 44.8 Å². The summed E-state index contributed by atoms with van der Waals surface area (Å²) in [5.41, 5.74) is 0. The van der Waals surface area contributed by atoms with E-state index in [1.165, 1.54) is 0 Å². The van der Waals surface area contributed by atoms with Crippen LogP contribution in [0.15, 0.2) is 0 Å². The van der Waals surface area contributed by atoms with E-state index >= 15 is 0 Å². The lowest BCUT2D eigenvalue weighted by Crippen LogP contribution is -2.37. The number of hydrogen-bond donors (Lipinski definition) is 1. The summed E-state index contributed by atoms with van der Waals surface area (Å²) < 4.78 is 26.6. The number of methoxy groups -OCH3 is 2. The van der Waals surface area contributed by atoms with Gasteiger partial charge in [0, 0.05) is 19.4 Å². The maximum absolute atomic E-state index is 10.8. The van der Waals surface area contributed by atoms with Crippen LogP contribution in [0.3, 0.4) is 0 Å². The molecule has 0 spiro atoms. The van der Waals surface area contributed by atoms with Gasteiger partial charge in [-0.3, -0.25) is 4.57 Å². The zero-order chi connectivity index (χ0) is 11.4. The highest BCUT2D eigenvalue weighted by Crippen LogP contribution is 2.38. The van der Waals surface area contributed by atoms with Crippen LogP contribution in [0.4, 0.5) is 0 Å². The minimum Gasteiger partial charge on any atom is -0.378 e. The molecule has 0 bridgehead atoms. The van der Waals surface area contributed by atoms with Crippen molar-refractivity contribution in [2.45, 2.75) is 22.6 Å². The van der Waals surface area contributed by atoms with Gasteiger partial charge in [-0.15, -0.1) is 0 Å². The monoisotopic (exact) mass is 270 g/mol. The van der Waals surface area contributed by atoms with Crippen LogP contribution in [0, 0.1) is 0 Å². The Hall–Kier alpha value is 0.875. The number of thioether (sulfide) groups is 1. The molecule has 0 aromatic carbocycles. The highest BCUT2D eigenvalue weighted by atomic mass is 32.7. The first-order chi connectivity index (χ1) is 7.10. The SMILES string of the molecule is BC1SC(CO[PH](=O)S)C(OC)C1OC. The van der Waals surface area contributed by atoms with Crippen LogP contribution in [-0.2, 0) is 18.6 Å². The predicted molar refractivity (Wildman–Crippen MR) is 69.2 cm³/mol. The van der Waals surface area contributed by atoms with Crippen LogP contribution in [0.25, 0.3) is 0 Å². The molecule has 88 valence electrons. The zero-order valence-electron chi connectivity index (χ0n) is 9.00. The summed E-state index contributed by atoms with van der Waals surface area (Å²) in [6.45, 7) is 0.397. The van der Waals surface area contributed by atoms with Crippen LogP contribution >= 0.6 is 31.2 Å². The van der Waals surface area contributed by atoms with Crippen molar-refractivity contribution in [3.8, 4) is 0 Å². The van der Waals surface area contributed by atoms with Gasteiger partial charge >= 0.3 is 0 Å². The fourth-order valence-electron chi connectivity index (χ4n) is 1.81. The van der Waals surface area contributed by atoms with Gasteiger partial charge in [-0.25, -0.2) is 0 Å². The fourth-order valence-corrected chi connectivity index (χ4v) is 4.01. The third-order valence-electron chi connectivity index (χ3n) is 2.46. The van der Waals surface area contributed by atoms with Crippen molar-refractivity contribution in [1.82, 2.24) is 0 Å². The summed E-state index contributed by atoms with van der Waals surface area (Å²) in [4.78, 5) is 0. The lowest BCUT2D eigenvalue weighted by molar-refractivity contribution is -0.0248. The van der Waals surface area contributed by atoms with E-state index in [1.54, 1.807) is 26.0 Å². The molecule has 1 aliphatic heterocycles. The number of rotatable bonds is 5. The first kappa shape index (κ1) is 13.9. The molecule has 15 heavy (non-hydrogen) atoms. The average Bonchev–Trinajstić information content (AvgIpc) is 2.50. The Morgan fingerprint density at radius 2 is 2.00 bits per heavy atom. The van der Waals surface area contributed by atoms with Crippen LogP contribution in [0.2, 0.25) is 0 Å². The largest absolute Gasteiger partial charge is 0.378 e.